The van der Waals surface area contributed by atoms with Crippen molar-refractivity contribution in [3.8, 4) is 0 Å². The number of rotatable bonds is 4. The Morgan fingerprint density at radius 1 is 1.45 bits per heavy atom. The van der Waals surface area contributed by atoms with Crippen LogP contribution in [0.15, 0.2) is 23.2 Å². The van der Waals surface area contributed by atoms with E-state index in [-0.39, 0.29) is 6.10 Å². The molecule has 1 aliphatic rings. The summed E-state index contributed by atoms with van der Waals surface area (Å²) < 4.78 is 14.1. The van der Waals surface area contributed by atoms with Crippen LogP contribution in [0.25, 0.3) is 5.65 Å². The lowest BCUT2D eigenvalue weighted by atomic mass is 10.3. The normalized spacial score (nSPS) is 21.6. The van der Waals surface area contributed by atoms with Crippen molar-refractivity contribution in [3.63, 3.8) is 0 Å². The average Bonchev–Trinajstić information content (AvgIpc) is 2.93. The minimum absolute atomic E-state index is 0.0950. The smallest absolute Gasteiger partial charge is 0.163 e. The topological polar surface area (TPSA) is 60.7 Å². The molecule has 2 aromatic heterocycles. The highest BCUT2D eigenvalue weighted by atomic mass is 79.9. The summed E-state index contributed by atoms with van der Waals surface area (Å²) >= 11 is 3.37. The summed E-state index contributed by atoms with van der Waals surface area (Å²) in [7, 11) is 0. The van der Waals surface area contributed by atoms with Crippen LogP contribution in [-0.2, 0) is 16.0 Å². The lowest BCUT2D eigenvalue weighted by molar-refractivity contribution is -0.137. The van der Waals surface area contributed by atoms with Gasteiger partial charge in [0.15, 0.2) is 11.4 Å². The van der Waals surface area contributed by atoms with Gasteiger partial charge in [-0.2, -0.15) is 0 Å². The van der Waals surface area contributed by atoms with E-state index in [0.29, 0.717) is 6.61 Å². The van der Waals surface area contributed by atoms with Crippen LogP contribution in [0.4, 0.5) is 0 Å². The fraction of sp³-hybridized carbons (Fsp3) is 0.538. The summed E-state index contributed by atoms with van der Waals surface area (Å²) in [6, 6.07) is 0. The van der Waals surface area contributed by atoms with Gasteiger partial charge in [-0.15, -0.1) is 0 Å². The first-order valence-electron chi connectivity index (χ1n) is 6.53. The molecule has 3 rings (SSSR count). The van der Waals surface area contributed by atoms with Crippen molar-refractivity contribution in [2.45, 2.75) is 32.3 Å². The molecule has 6 nitrogen and oxygen atoms in total. The molecule has 1 N–H and O–H groups in total. The number of halogens is 1. The van der Waals surface area contributed by atoms with E-state index in [9.17, 15) is 0 Å². The molecule has 0 aromatic carbocycles. The second-order valence-electron chi connectivity index (χ2n) is 5.27. The molecule has 1 aliphatic heterocycles. The predicted octanol–water partition coefficient (Wildman–Crippen LogP) is 1.73. The maximum Gasteiger partial charge on any atom is 0.163 e. The number of fused-ring (bicyclic) bond motifs is 1. The minimum atomic E-state index is -0.466. The van der Waals surface area contributed by atoms with Gasteiger partial charge in [0.1, 0.15) is 4.60 Å². The zero-order valence-corrected chi connectivity index (χ0v) is 13.1. The maximum absolute atomic E-state index is 5.75. The molecule has 0 radical (unpaired) electrons. The van der Waals surface area contributed by atoms with Gasteiger partial charge in [0.2, 0.25) is 0 Å². The second kappa shape index (κ2) is 5.40. The van der Waals surface area contributed by atoms with E-state index in [1.165, 1.54) is 0 Å². The molecule has 0 saturated carbocycles. The van der Waals surface area contributed by atoms with Crippen molar-refractivity contribution in [3.05, 3.63) is 28.9 Å². The zero-order chi connectivity index (χ0) is 14.2. The number of imidazole rings is 1. The number of aromatic nitrogens is 3. The van der Waals surface area contributed by atoms with Crippen molar-refractivity contribution < 1.29 is 9.47 Å². The van der Waals surface area contributed by atoms with Gasteiger partial charge in [-0.05, 0) is 29.8 Å². The molecule has 3 heterocycles. The molecule has 1 unspecified atom stereocenters. The third-order valence-corrected chi connectivity index (χ3v) is 3.60. The molecule has 0 aliphatic carbocycles. The molecule has 0 amide bonds. The predicted molar refractivity (Wildman–Crippen MR) is 77.3 cm³/mol. The fourth-order valence-corrected chi connectivity index (χ4v) is 2.58. The van der Waals surface area contributed by atoms with Crippen LogP contribution in [-0.4, -0.2) is 39.4 Å². The Morgan fingerprint density at radius 2 is 2.30 bits per heavy atom. The second-order valence-corrected chi connectivity index (χ2v) is 6.08. The van der Waals surface area contributed by atoms with Crippen LogP contribution in [0, 0.1) is 0 Å². The minimum Gasteiger partial charge on any atom is -0.348 e. The first-order valence-corrected chi connectivity index (χ1v) is 7.33. The molecule has 0 spiro atoms. The van der Waals surface area contributed by atoms with Gasteiger partial charge < -0.3 is 14.8 Å². The van der Waals surface area contributed by atoms with Crippen LogP contribution in [0.2, 0.25) is 0 Å². The van der Waals surface area contributed by atoms with Gasteiger partial charge >= 0.3 is 0 Å². The highest BCUT2D eigenvalue weighted by Gasteiger charge is 2.32. The Balaban J connectivity index is 1.59. The van der Waals surface area contributed by atoms with Crippen molar-refractivity contribution >= 4 is 21.6 Å². The number of nitrogens with one attached hydrogen (secondary N) is 1. The Bertz CT molecular complexity index is 613. The Hall–Kier alpha value is -1.02. The van der Waals surface area contributed by atoms with Crippen molar-refractivity contribution in [1.82, 2.24) is 19.7 Å². The Kier molecular flexibility index (Phi) is 3.76. The van der Waals surface area contributed by atoms with E-state index < -0.39 is 5.79 Å². The Morgan fingerprint density at radius 3 is 3.05 bits per heavy atom. The largest absolute Gasteiger partial charge is 0.348 e. The molecular formula is C13H17BrN4O2. The third kappa shape index (κ3) is 3.01. The van der Waals surface area contributed by atoms with Crippen LogP contribution in [0.1, 0.15) is 19.5 Å². The van der Waals surface area contributed by atoms with Gasteiger partial charge in [-0.25, -0.2) is 9.97 Å². The van der Waals surface area contributed by atoms with Gasteiger partial charge in [-0.3, -0.25) is 4.40 Å². The summed E-state index contributed by atoms with van der Waals surface area (Å²) in [4.78, 5) is 8.47. The monoisotopic (exact) mass is 340 g/mol. The molecule has 1 fully saturated rings. The summed E-state index contributed by atoms with van der Waals surface area (Å²) in [5, 5.41) is 3.38. The highest BCUT2D eigenvalue weighted by molar-refractivity contribution is 9.10. The number of ether oxygens (including phenoxy) is 2. The molecule has 0 bridgehead atoms. The number of hydrogen-bond donors (Lipinski definition) is 1. The zero-order valence-electron chi connectivity index (χ0n) is 11.5. The van der Waals surface area contributed by atoms with Crippen LogP contribution < -0.4 is 5.32 Å². The lowest BCUT2D eigenvalue weighted by Gasteiger charge is -2.17. The molecule has 1 saturated heterocycles. The molecule has 7 heteroatoms. The highest BCUT2D eigenvalue weighted by Crippen LogP contribution is 2.21. The summed E-state index contributed by atoms with van der Waals surface area (Å²) in [5.41, 5.74) is 1.92. The molecular weight excluding hydrogens is 324 g/mol. The third-order valence-electron chi connectivity index (χ3n) is 3.19. The number of nitrogens with zero attached hydrogens (tertiary/aromatic N) is 3. The van der Waals surface area contributed by atoms with Crippen molar-refractivity contribution in [2.24, 2.45) is 0 Å². The fourth-order valence-electron chi connectivity index (χ4n) is 2.27. The van der Waals surface area contributed by atoms with Crippen LogP contribution in [0.3, 0.4) is 0 Å². The SMILES string of the molecule is CC1(C)OCC(CNCc2cnc3cnc(Br)cn23)O1. The first kappa shape index (κ1) is 13.9. The molecule has 108 valence electrons. The van der Waals surface area contributed by atoms with Gasteiger partial charge in [0.05, 0.1) is 30.8 Å². The summed E-state index contributed by atoms with van der Waals surface area (Å²) in [5.74, 6) is -0.466. The van der Waals surface area contributed by atoms with Gasteiger partial charge in [0, 0.05) is 19.3 Å². The van der Waals surface area contributed by atoms with E-state index >= 15 is 0 Å². The summed E-state index contributed by atoms with van der Waals surface area (Å²) in [6.07, 6.45) is 5.60. The van der Waals surface area contributed by atoms with E-state index in [4.69, 9.17) is 9.47 Å². The quantitative estimate of drug-likeness (QED) is 0.918. The van der Waals surface area contributed by atoms with Crippen LogP contribution >= 0.6 is 15.9 Å². The van der Waals surface area contributed by atoms with E-state index in [1.807, 2.05) is 30.6 Å². The number of hydrogen-bond acceptors (Lipinski definition) is 5. The van der Waals surface area contributed by atoms with Crippen LogP contribution in [0.5, 0.6) is 0 Å². The molecule has 1 atom stereocenters. The van der Waals surface area contributed by atoms with Gasteiger partial charge in [0.25, 0.3) is 0 Å². The van der Waals surface area contributed by atoms with E-state index in [0.717, 1.165) is 29.0 Å². The van der Waals surface area contributed by atoms with E-state index in [1.54, 1.807) is 6.20 Å². The molecule has 2 aromatic rings. The Labute approximate surface area is 125 Å². The molecule has 20 heavy (non-hydrogen) atoms. The lowest BCUT2D eigenvalue weighted by Crippen LogP contribution is -2.30. The van der Waals surface area contributed by atoms with E-state index in [2.05, 4.69) is 31.2 Å². The maximum atomic E-state index is 5.75. The first-order chi connectivity index (χ1) is 9.53. The summed E-state index contributed by atoms with van der Waals surface area (Å²) in [6.45, 7) is 5.97. The van der Waals surface area contributed by atoms with Gasteiger partial charge in [-0.1, -0.05) is 0 Å². The standard InChI is InChI=1S/C13H17BrN4O2/c1-13(2)19-8-10(20-13)5-15-3-9-4-17-12-6-16-11(14)7-18(9)12/h4,6-7,10,15H,3,5,8H2,1-2H3. The van der Waals surface area contributed by atoms with Crippen molar-refractivity contribution in [2.75, 3.05) is 13.2 Å². The average molecular weight is 341 g/mol. The van der Waals surface area contributed by atoms with Crippen molar-refractivity contribution in [1.29, 1.82) is 0 Å².